The minimum atomic E-state index is -1.14. The summed E-state index contributed by atoms with van der Waals surface area (Å²) in [5.74, 6) is -0.163. The third kappa shape index (κ3) is 5.45. The van der Waals surface area contributed by atoms with E-state index in [0.717, 1.165) is 43.4 Å². The number of carbonyl (C=O) groups excluding carboxylic acids is 3. The maximum Gasteiger partial charge on any atom is 0.242 e. The van der Waals surface area contributed by atoms with Crippen LogP contribution in [0.2, 0.25) is 5.02 Å². The third-order valence-corrected chi connectivity index (χ3v) is 10.3. The number of aryl methyl sites for hydroxylation is 1. The van der Waals surface area contributed by atoms with Gasteiger partial charge in [0, 0.05) is 69.8 Å². The highest BCUT2D eigenvalue weighted by Gasteiger charge is 2.59. The summed E-state index contributed by atoms with van der Waals surface area (Å²) in [6.07, 6.45) is 2.80. The Morgan fingerprint density at radius 2 is 1.79 bits per heavy atom. The van der Waals surface area contributed by atoms with Crippen LogP contribution in [-0.4, -0.2) is 68.8 Å². The van der Waals surface area contributed by atoms with Crippen LogP contribution in [0.15, 0.2) is 82.3 Å². The molecular weight excluding hydrogens is 636 g/mol. The average Bonchev–Trinajstić information content (AvgIpc) is 3.52. The highest BCUT2D eigenvalue weighted by Crippen LogP contribution is 2.55. The SMILES string of the molecule is Cc1ccc(S[C@@]2(C(=O)N3CCN(C=O)CC3)CC(=O)N(Cc3ccc(Br)cc3)[C@H]2c2c[nH]c3cc(Cl)ccc23)cc1. The van der Waals surface area contributed by atoms with E-state index in [0.29, 0.717) is 37.7 Å². The Morgan fingerprint density at radius 3 is 2.48 bits per heavy atom. The molecule has 6 rings (SSSR count). The second-order valence-corrected chi connectivity index (χ2v) is 13.7. The fraction of sp³-hybridized carbons (Fsp3) is 0.281. The predicted octanol–water partition coefficient (Wildman–Crippen LogP) is 6.20. The first-order valence-corrected chi connectivity index (χ1v) is 15.8. The lowest BCUT2D eigenvalue weighted by Crippen LogP contribution is -2.56. The number of likely N-dealkylation sites (tertiary alicyclic amines) is 1. The molecule has 0 aliphatic carbocycles. The average molecular weight is 666 g/mol. The van der Waals surface area contributed by atoms with Crippen LogP contribution < -0.4 is 0 Å². The number of halogens is 2. The van der Waals surface area contributed by atoms with Crippen molar-refractivity contribution in [1.29, 1.82) is 0 Å². The molecule has 3 amide bonds. The number of benzene rings is 3. The summed E-state index contributed by atoms with van der Waals surface area (Å²) in [5.41, 5.74) is 3.82. The number of hydrogen-bond donors (Lipinski definition) is 1. The van der Waals surface area contributed by atoms with Gasteiger partial charge in [0.2, 0.25) is 18.2 Å². The van der Waals surface area contributed by atoms with Gasteiger partial charge in [0.1, 0.15) is 4.75 Å². The van der Waals surface area contributed by atoms with E-state index in [1.807, 2.05) is 89.7 Å². The molecule has 2 atom stereocenters. The number of aromatic nitrogens is 1. The van der Waals surface area contributed by atoms with E-state index >= 15 is 0 Å². The van der Waals surface area contributed by atoms with Gasteiger partial charge < -0.3 is 19.7 Å². The second kappa shape index (κ2) is 11.8. The van der Waals surface area contributed by atoms with Crippen molar-refractivity contribution in [3.05, 3.63) is 99.1 Å². The van der Waals surface area contributed by atoms with Crippen molar-refractivity contribution in [1.82, 2.24) is 19.7 Å². The van der Waals surface area contributed by atoms with Crippen LogP contribution in [0.5, 0.6) is 0 Å². The quantitative estimate of drug-likeness (QED) is 0.239. The largest absolute Gasteiger partial charge is 0.361 e. The normalized spacial score (nSPS) is 20.9. The van der Waals surface area contributed by atoms with Crippen molar-refractivity contribution in [2.45, 2.75) is 35.6 Å². The molecule has 0 saturated carbocycles. The molecule has 3 heterocycles. The standard InChI is InChI=1S/C32H30BrClN4O3S/c1-21-2-9-25(10-3-21)42-32(31(41)37-14-12-36(20-39)13-15-37)17-29(40)38(19-22-4-6-23(33)7-5-22)30(32)27-18-35-28-16-24(34)8-11-26(27)28/h2-11,16,18,20,30,35H,12-15,17,19H2,1H3/t30-,32-/m0/s1. The van der Waals surface area contributed by atoms with E-state index in [-0.39, 0.29) is 18.2 Å². The van der Waals surface area contributed by atoms with Gasteiger partial charge in [-0.1, -0.05) is 63.4 Å². The molecule has 0 unspecified atom stereocenters. The first-order valence-electron chi connectivity index (χ1n) is 13.8. The minimum absolute atomic E-state index is 0.0553. The highest BCUT2D eigenvalue weighted by molar-refractivity contribution is 9.10. The molecule has 0 radical (unpaired) electrons. The molecule has 216 valence electrons. The fourth-order valence-corrected chi connectivity index (χ4v) is 7.90. The van der Waals surface area contributed by atoms with Crippen molar-refractivity contribution in [2.24, 2.45) is 0 Å². The van der Waals surface area contributed by atoms with Gasteiger partial charge in [0.25, 0.3) is 0 Å². The van der Waals surface area contributed by atoms with Crippen LogP contribution in [0.25, 0.3) is 10.9 Å². The number of H-pyrrole nitrogens is 1. The van der Waals surface area contributed by atoms with Crippen molar-refractivity contribution in [2.75, 3.05) is 26.2 Å². The maximum absolute atomic E-state index is 14.9. The molecular formula is C32H30BrClN4O3S. The van der Waals surface area contributed by atoms with Gasteiger partial charge in [-0.15, -0.1) is 11.8 Å². The zero-order valence-corrected chi connectivity index (χ0v) is 26.2. The smallest absolute Gasteiger partial charge is 0.242 e. The summed E-state index contributed by atoms with van der Waals surface area (Å²) < 4.78 is -0.183. The Kier molecular flexibility index (Phi) is 8.09. The van der Waals surface area contributed by atoms with Gasteiger partial charge in [0.05, 0.1) is 12.5 Å². The summed E-state index contributed by atoms with van der Waals surface area (Å²) in [5, 5.41) is 1.53. The Bertz CT molecular complexity index is 1640. The zero-order valence-electron chi connectivity index (χ0n) is 23.1. The first kappa shape index (κ1) is 28.8. The van der Waals surface area contributed by atoms with Crippen LogP contribution in [0.4, 0.5) is 0 Å². The summed E-state index contributed by atoms with van der Waals surface area (Å²) in [6.45, 7) is 4.16. The molecule has 42 heavy (non-hydrogen) atoms. The van der Waals surface area contributed by atoms with E-state index < -0.39 is 10.8 Å². The van der Waals surface area contributed by atoms with Gasteiger partial charge in [0.15, 0.2) is 0 Å². The van der Waals surface area contributed by atoms with Gasteiger partial charge in [-0.25, -0.2) is 0 Å². The number of fused-ring (bicyclic) bond motifs is 1. The number of piperazine rings is 1. The topological polar surface area (TPSA) is 76.7 Å². The first-order chi connectivity index (χ1) is 20.3. The third-order valence-electron chi connectivity index (χ3n) is 8.16. The van der Waals surface area contributed by atoms with Crippen LogP contribution in [0.1, 0.15) is 29.2 Å². The van der Waals surface area contributed by atoms with Crippen LogP contribution in [-0.2, 0) is 20.9 Å². The highest BCUT2D eigenvalue weighted by atomic mass is 79.9. The monoisotopic (exact) mass is 664 g/mol. The molecule has 2 fully saturated rings. The number of aromatic amines is 1. The summed E-state index contributed by atoms with van der Waals surface area (Å²) in [7, 11) is 0. The van der Waals surface area contributed by atoms with Crippen molar-refractivity contribution in [3.8, 4) is 0 Å². The van der Waals surface area contributed by atoms with Gasteiger partial charge in [-0.05, 0) is 48.9 Å². The van der Waals surface area contributed by atoms with Crippen LogP contribution >= 0.6 is 39.3 Å². The number of nitrogens with one attached hydrogen (secondary N) is 1. The summed E-state index contributed by atoms with van der Waals surface area (Å²) in [6, 6.07) is 21.1. The Labute approximate surface area is 262 Å². The lowest BCUT2D eigenvalue weighted by molar-refractivity contribution is -0.138. The number of nitrogens with zero attached hydrogens (tertiary/aromatic N) is 3. The van der Waals surface area contributed by atoms with Crippen LogP contribution in [0.3, 0.4) is 0 Å². The Morgan fingerprint density at radius 1 is 1.07 bits per heavy atom. The Hall–Kier alpha value is -3.27. The van der Waals surface area contributed by atoms with E-state index in [9.17, 15) is 14.4 Å². The molecule has 1 aromatic heterocycles. The number of rotatable bonds is 7. The number of hydrogen-bond acceptors (Lipinski definition) is 4. The predicted molar refractivity (Wildman–Crippen MR) is 169 cm³/mol. The summed E-state index contributed by atoms with van der Waals surface area (Å²) in [4.78, 5) is 50.0. The summed E-state index contributed by atoms with van der Waals surface area (Å²) >= 11 is 11.3. The number of thioether (sulfide) groups is 1. The molecule has 3 aromatic carbocycles. The molecule has 2 saturated heterocycles. The zero-order chi connectivity index (χ0) is 29.4. The number of amides is 3. The van der Waals surface area contributed by atoms with E-state index in [4.69, 9.17) is 11.6 Å². The van der Waals surface area contributed by atoms with E-state index in [2.05, 4.69) is 20.9 Å². The molecule has 4 aromatic rings. The minimum Gasteiger partial charge on any atom is -0.361 e. The van der Waals surface area contributed by atoms with Crippen LogP contribution in [0, 0.1) is 6.92 Å². The lowest BCUT2D eigenvalue weighted by Gasteiger charge is -2.42. The second-order valence-electron chi connectivity index (χ2n) is 10.9. The molecule has 2 aliphatic rings. The van der Waals surface area contributed by atoms with Crippen molar-refractivity contribution in [3.63, 3.8) is 0 Å². The Balaban J connectivity index is 1.51. The van der Waals surface area contributed by atoms with Crippen molar-refractivity contribution < 1.29 is 14.4 Å². The molecule has 0 bridgehead atoms. The number of carbonyl (C=O) groups is 3. The molecule has 2 aliphatic heterocycles. The van der Waals surface area contributed by atoms with Gasteiger partial charge >= 0.3 is 0 Å². The van der Waals surface area contributed by atoms with E-state index in [1.54, 1.807) is 4.90 Å². The molecule has 1 N–H and O–H groups in total. The van der Waals surface area contributed by atoms with E-state index in [1.165, 1.54) is 11.8 Å². The van der Waals surface area contributed by atoms with Gasteiger partial charge in [-0.2, -0.15) is 0 Å². The van der Waals surface area contributed by atoms with Crippen molar-refractivity contribution >= 4 is 68.4 Å². The molecule has 0 spiro atoms. The maximum atomic E-state index is 14.9. The molecule has 10 heteroatoms. The van der Waals surface area contributed by atoms with Gasteiger partial charge in [-0.3, -0.25) is 14.4 Å². The lowest BCUT2D eigenvalue weighted by atomic mass is 9.90. The molecule has 7 nitrogen and oxygen atoms in total. The fourth-order valence-electron chi connectivity index (χ4n) is 5.99.